The smallest absolute Gasteiger partial charge is 0.0746 e. The highest BCUT2D eigenvalue weighted by Crippen LogP contribution is 2.37. The van der Waals surface area contributed by atoms with E-state index in [0.717, 1.165) is 6.54 Å². The number of rotatable bonds is 1. The lowest BCUT2D eigenvalue weighted by Crippen LogP contribution is -2.41. The largest absolute Gasteiger partial charge is 0.381 e. The number of likely N-dealkylation sites (N-methyl/N-ethyl adjacent to an activating group) is 1. The summed E-state index contributed by atoms with van der Waals surface area (Å²) in [5.41, 5.74) is 2.51. The van der Waals surface area contributed by atoms with Crippen LogP contribution in [0.15, 0.2) is 22.7 Å². The van der Waals surface area contributed by atoms with Crippen LogP contribution in [-0.2, 0) is 0 Å². The molecule has 1 heterocycles. The second-order valence-corrected chi connectivity index (χ2v) is 4.54. The fourth-order valence-corrected chi connectivity index (χ4v) is 2.63. The van der Waals surface area contributed by atoms with Crippen LogP contribution < -0.4 is 10.2 Å². The van der Waals surface area contributed by atoms with Crippen LogP contribution >= 0.6 is 15.9 Å². The number of hydrogen-bond donors (Lipinski definition) is 1. The minimum absolute atomic E-state index is 0.598. The van der Waals surface area contributed by atoms with Crippen molar-refractivity contribution in [2.45, 2.75) is 19.4 Å². The third-order valence-electron chi connectivity index (χ3n) is 2.89. The summed E-state index contributed by atoms with van der Waals surface area (Å²) in [6, 6.07) is 6.88. The number of fused-ring (bicyclic) bond motifs is 1. The van der Waals surface area contributed by atoms with Gasteiger partial charge >= 0.3 is 0 Å². The zero-order valence-electron chi connectivity index (χ0n) is 8.55. The summed E-state index contributed by atoms with van der Waals surface area (Å²) in [7, 11) is 2.17. The highest BCUT2D eigenvalue weighted by Gasteiger charge is 2.22. The Morgan fingerprint density at radius 2 is 2.36 bits per heavy atom. The minimum Gasteiger partial charge on any atom is -0.381 e. The molecule has 1 aromatic carbocycles. The SMILES string of the molecule is CCC1CNc2cccc(Br)c2N1C. The van der Waals surface area contributed by atoms with Gasteiger partial charge in [-0.25, -0.2) is 0 Å². The van der Waals surface area contributed by atoms with Crippen molar-refractivity contribution in [3.8, 4) is 0 Å². The first-order valence-electron chi connectivity index (χ1n) is 4.99. The minimum atomic E-state index is 0.598. The summed E-state index contributed by atoms with van der Waals surface area (Å²) in [6.07, 6.45) is 1.17. The maximum absolute atomic E-state index is 3.60. The maximum Gasteiger partial charge on any atom is 0.0746 e. The van der Waals surface area contributed by atoms with E-state index < -0.39 is 0 Å². The van der Waals surface area contributed by atoms with Gasteiger partial charge in [-0.05, 0) is 34.5 Å². The normalized spacial score (nSPS) is 20.2. The van der Waals surface area contributed by atoms with E-state index in [1.165, 1.54) is 22.3 Å². The molecule has 0 bridgehead atoms. The molecule has 2 nitrogen and oxygen atoms in total. The van der Waals surface area contributed by atoms with Crippen molar-refractivity contribution in [2.24, 2.45) is 0 Å². The zero-order chi connectivity index (χ0) is 10.1. The van der Waals surface area contributed by atoms with Crippen LogP contribution in [0.5, 0.6) is 0 Å². The molecule has 0 saturated heterocycles. The Morgan fingerprint density at radius 3 is 3.07 bits per heavy atom. The molecule has 1 aromatic rings. The second kappa shape index (κ2) is 3.81. The van der Waals surface area contributed by atoms with Gasteiger partial charge in [-0.15, -0.1) is 0 Å². The van der Waals surface area contributed by atoms with Gasteiger partial charge in [-0.1, -0.05) is 13.0 Å². The summed E-state index contributed by atoms with van der Waals surface area (Å²) in [5, 5.41) is 3.46. The number of nitrogens with zero attached hydrogens (tertiary/aromatic N) is 1. The molecule has 1 atom stereocenters. The van der Waals surface area contributed by atoms with Gasteiger partial charge in [0.05, 0.1) is 11.4 Å². The Hall–Kier alpha value is -0.700. The van der Waals surface area contributed by atoms with E-state index in [4.69, 9.17) is 0 Å². The van der Waals surface area contributed by atoms with Crippen molar-refractivity contribution >= 4 is 27.3 Å². The molecule has 3 heteroatoms. The van der Waals surface area contributed by atoms with E-state index in [2.05, 4.69) is 58.3 Å². The monoisotopic (exact) mass is 254 g/mol. The topological polar surface area (TPSA) is 15.3 Å². The number of benzene rings is 1. The molecule has 1 N–H and O–H groups in total. The van der Waals surface area contributed by atoms with Crippen LogP contribution in [-0.4, -0.2) is 19.6 Å². The molecule has 2 rings (SSSR count). The molecular weight excluding hydrogens is 240 g/mol. The number of halogens is 1. The number of hydrogen-bond acceptors (Lipinski definition) is 2. The summed E-state index contributed by atoms with van der Waals surface area (Å²) in [6.45, 7) is 3.27. The lowest BCUT2D eigenvalue weighted by Gasteiger charge is -2.37. The number of anilines is 2. The Kier molecular flexibility index (Phi) is 2.68. The van der Waals surface area contributed by atoms with Crippen molar-refractivity contribution in [3.63, 3.8) is 0 Å². The third-order valence-corrected chi connectivity index (χ3v) is 3.53. The summed E-state index contributed by atoms with van der Waals surface area (Å²) >= 11 is 3.60. The Balaban J connectivity index is 2.43. The fourth-order valence-electron chi connectivity index (χ4n) is 1.98. The molecule has 0 aliphatic carbocycles. The zero-order valence-corrected chi connectivity index (χ0v) is 10.1. The Labute approximate surface area is 93.4 Å². The van der Waals surface area contributed by atoms with Gasteiger partial charge in [0.25, 0.3) is 0 Å². The molecule has 1 unspecified atom stereocenters. The van der Waals surface area contributed by atoms with E-state index in [9.17, 15) is 0 Å². The van der Waals surface area contributed by atoms with Crippen molar-refractivity contribution in [3.05, 3.63) is 22.7 Å². The van der Waals surface area contributed by atoms with Crippen molar-refractivity contribution < 1.29 is 0 Å². The molecule has 0 saturated carbocycles. The van der Waals surface area contributed by atoms with E-state index in [1.807, 2.05) is 0 Å². The first kappa shape index (κ1) is 9.84. The van der Waals surface area contributed by atoms with E-state index in [0.29, 0.717) is 6.04 Å². The molecule has 0 amide bonds. The van der Waals surface area contributed by atoms with Crippen LogP contribution in [0.1, 0.15) is 13.3 Å². The first-order valence-corrected chi connectivity index (χ1v) is 5.78. The standard InChI is InChI=1S/C11H15BrN2/c1-3-8-7-13-10-6-4-5-9(12)11(10)14(8)2/h4-6,8,13H,3,7H2,1-2H3. The fraction of sp³-hybridized carbons (Fsp3) is 0.455. The Bertz CT molecular complexity index is 338. The summed E-state index contributed by atoms with van der Waals surface area (Å²) < 4.78 is 1.17. The molecule has 14 heavy (non-hydrogen) atoms. The number of para-hydroxylation sites is 1. The quantitative estimate of drug-likeness (QED) is 0.829. The highest BCUT2D eigenvalue weighted by atomic mass is 79.9. The first-order chi connectivity index (χ1) is 6.74. The van der Waals surface area contributed by atoms with Gasteiger partial charge in [0.1, 0.15) is 0 Å². The second-order valence-electron chi connectivity index (χ2n) is 3.69. The van der Waals surface area contributed by atoms with Gasteiger partial charge in [0.15, 0.2) is 0 Å². The van der Waals surface area contributed by atoms with E-state index >= 15 is 0 Å². The molecule has 0 fully saturated rings. The molecule has 0 aromatic heterocycles. The molecule has 76 valence electrons. The van der Waals surface area contributed by atoms with Crippen LogP contribution in [0.2, 0.25) is 0 Å². The summed E-state index contributed by atoms with van der Waals surface area (Å²) in [5.74, 6) is 0. The van der Waals surface area contributed by atoms with Crippen LogP contribution in [0.25, 0.3) is 0 Å². The Morgan fingerprint density at radius 1 is 1.57 bits per heavy atom. The molecular formula is C11H15BrN2. The average molecular weight is 255 g/mol. The van der Waals surface area contributed by atoms with Crippen molar-refractivity contribution in [1.82, 2.24) is 0 Å². The third kappa shape index (κ3) is 1.50. The predicted molar refractivity (Wildman–Crippen MR) is 65.1 cm³/mol. The molecule has 0 radical (unpaired) electrons. The molecule has 1 aliphatic rings. The maximum atomic E-state index is 3.60. The van der Waals surface area contributed by atoms with Crippen molar-refractivity contribution in [1.29, 1.82) is 0 Å². The van der Waals surface area contributed by atoms with Gasteiger partial charge in [0.2, 0.25) is 0 Å². The predicted octanol–water partition coefficient (Wildman–Crippen LogP) is 3.09. The van der Waals surface area contributed by atoms with Gasteiger partial charge in [-0.2, -0.15) is 0 Å². The van der Waals surface area contributed by atoms with E-state index in [-0.39, 0.29) is 0 Å². The van der Waals surface area contributed by atoms with Gasteiger partial charge < -0.3 is 10.2 Å². The van der Waals surface area contributed by atoms with Crippen molar-refractivity contribution in [2.75, 3.05) is 23.8 Å². The molecule has 0 spiro atoms. The molecule has 1 aliphatic heterocycles. The summed E-state index contributed by atoms with van der Waals surface area (Å²) in [4.78, 5) is 2.36. The van der Waals surface area contributed by atoms with Crippen LogP contribution in [0.4, 0.5) is 11.4 Å². The average Bonchev–Trinajstić information content (AvgIpc) is 2.18. The van der Waals surface area contributed by atoms with Crippen LogP contribution in [0, 0.1) is 0 Å². The van der Waals surface area contributed by atoms with Gasteiger partial charge in [-0.3, -0.25) is 0 Å². The van der Waals surface area contributed by atoms with Gasteiger partial charge in [0, 0.05) is 24.1 Å². The highest BCUT2D eigenvalue weighted by molar-refractivity contribution is 9.10. The lowest BCUT2D eigenvalue weighted by molar-refractivity contribution is 0.621. The number of nitrogens with one attached hydrogen (secondary N) is 1. The van der Waals surface area contributed by atoms with Crippen LogP contribution in [0.3, 0.4) is 0 Å². The lowest BCUT2D eigenvalue weighted by atomic mass is 10.1. The van der Waals surface area contributed by atoms with E-state index in [1.54, 1.807) is 0 Å².